The Balaban J connectivity index is 1.93. The Morgan fingerprint density at radius 3 is 2.39 bits per heavy atom. The van der Waals surface area contributed by atoms with E-state index in [0.717, 1.165) is 17.2 Å². The van der Waals surface area contributed by atoms with Gasteiger partial charge < -0.3 is 10.6 Å². The van der Waals surface area contributed by atoms with Crippen molar-refractivity contribution in [1.82, 2.24) is 9.97 Å². The van der Waals surface area contributed by atoms with Gasteiger partial charge in [0.2, 0.25) is 0 Å². The van der Waals surface area contributed by atoms with E-state index in [1.807, 2.05) is 6.92 Å². The highest BCUT2D eigenvalue weighted by molar-refractivity contribution is 5.57. The standard InChI is InChI=1S/C14H22N4/c1-9-12(15)16-13(10-7-8-10)17-14(9)18(2)11-5-3-4-6-11/h10-11H,3-8H2,1-2H3,(H2,15,16,17). The summed E-state index contributed by atoms with van der Waals surface area (Å²) in [6.07, 6.45) is 7.66. The quantitative estimate of drug-likeness (QED) is 0.890. The van der Waals surface area contributed by atoms with Crippen LogP contribution in [0.5, 0.6) is 0 Å². The minimum atomic E-state index is 0.559. The van der Waals surface area contributed by atoms with E-state index in [4.69, 9.17) is 10.7 Å². The highest BCUT2D eigenvalue weighted by Crippen LogP contribution is 2.40. The summed E-state index contributed by atoms with van der Waals surface area (Å²) in [6.45, 7) is 2.03. The number of rotatable bonds is 3. The summed E-state index contributed by atoms with van der Waals surface area (Å²) >= 11 is 0. The van der Waals surface area contributed by atoms with Gasteiger partial charge in [-0.1, -0.05) is 12.8 Å². The van der Waals surface area contributed by atoms with E-state index >= 15 is 0 Å². The highest BCUT2D eigenvalue weighted by Gasteiger charge is 2.29. The molecule has 4 nitrogen and oxygen atoms in total. The Morgan fingerprint density at radius 1 is 1.11 bits per heavy atom. The lowest BCUT2D eigenvalue weighted by Crippen LogP contribution is -2.31. The van der Waals surface area contributed by atoms with Crippen LogP contribution in [0, 0.1) is 6.92 Å². The lowest BCUT2D eigenvalue weighted by molar-refractivity contribution is 0.642. The minimum absolute atomic E-state index is 0.559. The van der Waals surface area contributed by atoms with Crippen molar-refractivity contribution in [3.05, 3.63) is 11.4 Å². The molecule has 2 saturated carbocycles. The lowest BCUT2D eigenvalue weighted by Gasteiger charge is -2.27. The molecule has 98 valence electrons. The second-order valence-electron chi connectivity index (χ2n) is 5.74. The molecule has 0 aromatic carbocycles. The predicted octanol–water partition coefficient (Wildman–Crippen LogP) is 2.62. The maximum Gasteiger partial charge on any atom is 0.137 e. The fourth-order valence-electron chi connectivity index (χ4n) is 2.87. The maximum atomic E-state index is 6.05. The Kier molecular flexibility index (Phi) is 2.88. The summed E-state index contributed by atoms with van der Waals surface area (Å²) < 4.78 is 0. The van der Waals surface area contributed by atoms with Crippen molar-refractivity contribution >= 4 is 11.6 Å². The molecule has 0 aliphatic heterocycles. The number of hydrogen-bond donors (Lipinski definition) is 1. The molecule has 3 rings (SSSR count). The number of aromatic nitrogens is 2. The Bertz CT molecular complexity index is 447. The van der Waals surface area contributed by atoms with Crippen molar-refractivity contribution in [3.8, 4) is 0 Å². The first-order valence-corrected chi connectivity index (χ1v) is 7.03. The molecule has 0 amide bonds. The Labute approximate surface area is 109 Å². The fourth-order valence-corrected chi connectivity index (χ4v) is 2.87. The Morgan fingerprint density at radius 2 is 1.78 bits per heavy atom. The van der Waals surface area contributed by atoms with Gasteiger partial charge in [-0.25, -0.2) is 9.97 Å². The van der Waals surface area contributed by atoms with Crippen molar-refractivity contribution < 1.29 is 0 Å². The van der Waals surface area contributed by atoms with Crippen LogP contribution < -0.4 is 10.6 Å². The average Bonchev–Trinajstić information content (AvgIpc) is 3.06. The van der Waals surface area contributed by atoms with Crippen LogP contribution in [-0.2, 0) is 0 Å². The van der Waals surface area contributed by atoms with Gasteiger partial charge in [0.15, 0.2) is 0 Å². The first-order chi connectivity index (χ1) is 8.66. The summed E-state index contributed by atoms with van der Waals surface area (Å²) in [5.41, 5.74) is 7.08. The normalized spacial score (nSPS) is 20.3. The van der Waals surface area contributed by atoms with E-state index in [2.05, 4.69) is 16.9 Å². The molecule has 1 aromatic rings. The molecule has 2 aliphatic carbocycles. The summed E-state index contributed by atoms with van der Waals surface area (Å²) in [4.78, 5) is 11.5. The summed E-state index contributed by atoms with van der Waals surface area (Å²) in [7, 11) is 2.15. The molecule has 0 saturated heterocycles. The summed E-state index contributed by atoms with van der Waals surface area (Å²) in [6, 6.07) is 0.630. The lowest BCUT2D eigenvalue weighted by atomic mass is 10.2. The molecule has 2 fully saturated rings. The number of hydrogen-bond acceptors (Lipinski definition) is 4. The molecule has 0 unspecified atom stereocenters. The highest BCUT2D eigenvalue weighted by atomic mass is 15.2. The van der Waals surface area contributed by atoms with E-state index in [1.165, 1.54) is 38.5 Å². The third-order valence-corrected chi connectivity index (χ3v) is 4.32. The summed E-state index contributed by atoms with van der Waals surface area (Å²) in [5, 5.41) is 0. The zero-order chi connectivity index (χ0) is 12.7. The van der Waals surface area contributed by atoms with Crippen LogP contribution in [0.3, 0.4) is 0 Å². The minimum Gasteiger partial charge on any atom is -0.383 e. The average molecular weight is 246 g/mol. The molecular weight excluding hydrogens is 224 g/mol. The second-order valence-corrected chi connectivity index (χ2v) is 5.74. The van der Waals surface area contributed by atoms with Gasteiger partial charge in [-0.05, 0) is 32.6 Å². The largest absolute Gasteiger partial charge is 0.383 e. The van der Waals surface area contributed by atoms with Crippen molar-refractivity contribution in [3.63, 3.8) is 0 Å². The van der Waals surface area contributed by atoms with Gasteiger partial charge >= 0.3 is 0 Å². The third-order valence-electron chi connectivity index (χ3n) is 4.32. The molecule has 2 aliphatic rings. The van der Waals surface area contributed by atoms with Crippen LogP contribution in [0.1, 0.15) is 55.8 Å². The zero-order valence-electron chi connectivity index (χ0n) is 11.3. The van der Waals surface area contributed by atoms with Crippen molar-refractivity contribution in [2.75, 3.05) is 17.7 Å². The van der Waals surface area contributed by atoms with Crippen LogP contribution in [0.15, 0.2) is 0 Å². The Hall–Kier alpha value is -1.32. The molecular formula is C14H22N4. The monoisotopic (exact) mass is 246 g/mol. The van der Waals surface area contributed by atoms with Crippen molar-refractivity contribution in [2.24, 2.45) is 0 Å². The number of nitrogens with zero attached hydrogens (tertiary/aromatic N) is 3. The topological polar surface area (TPSA) is 55.0 Å². The SMILES string of the molecule is Cc1c(N)nc(C2CC2)nc1N(C)C1CCCC1. The molecule has 1 aromatic heterocycles. The fraction of sp³-hybridized carbons (Fsp3) is 0.714. The van der Waals surface area contributed by atoms with E-state index in [-0.39, 0.29) is 0 Å². The number of nitrogens with two attached hydrogens (primary N) is 1. The van der Waals surface area contributed by atoms with Gasteiger partial charge in [-0.15, -0.1) is 0 Å². The van der Waals surface area contributed by atoms with Crippen molar-refractivity contribution in [1.29, 1.82) is 0 Å². The predicted molar refractivity (Wildman–Crippen MR) is 73.8 cm³/mol. The van der Waals surface area contributed by atoms with Gasteiger partial charge in [0.25, 0.3) is 0 Å². The first kappa shape index (κ1) is 11.8. The van der Waals surface area contributed by atoms with Crippen LogP contribution in [0.4, 0.5) is 11.6 Å². The first-order valence-electron chi connectivity index (χ1n) is 7.03. The van der Waals surface area contributed by atoms with Crippen LogP contribution in [0.2, 0.25) is 0 Å². The second kappa shape index (κ2) is 4.41. The molecule has 0 radical (unpaired) electrons. The molecule has 0 bridgehead atoms. The van der Waals surface area contributed by atoms with Crippen LogP contribution in [0.25, 0.3) is 0 Å². The van der Waals surface area contributed by atoms with Gasteiger partial charge in [0.1, 0.15) is 17.5 Å². The van der Waals surface area contributed by atoms with Crippen LogP contribution >= 0.6 is 0 Å². The van der Waals surface area contributed by atoms with Gasteiger partial charge in [-0.2, -0.15) is 0 Å². The van der Waals surface area contributed by atoms with Gasteiger partial charge in [-0.3, -0.25) is 0 Å². The van der Waals surface area contributed by atoms with E-state index in [9.17, 15) is 0 Å². The van der Waals surface area contributed by atoms with Crippen molar-refractivity contribution in [2.45, 2.75) is 57.4 Å². The number of nitrogen functional groups attached to an aromatic ring is 1. The molecule has 1 heterocycles. The maximum absolute atomic E-state index is 6.05. The smallest absolute Gasteiger partial charge is 0.137 e. The van der Waals surface area contributed by atoms with Crippen LogP contribution in [-0.4, -0.2) is 23.1 Å². The zero-order valence-corrected chi connectivity index (χ0v) is 11.3. The molecule has 18 heavy (non-hydrogen) atoms. The third kappa shape index (κ3) is 2.04. The van der Waals surface area contributed by atoms with E-state index < -0.39 is 0 Å². The molecule has 0 atom stereocenters. The summed E-state index contributed by atoms with van der Waals surface area (Å²) in [5.74, 6) is 3.23. The molecule has 2 N–H and O–H groups in total. The molecule has 4 heteroatoms. The van der Waals surface area contributed by atoms with Gasteiger partial charge in [0, 0.05) is 24.6 Å². The van der Waals surface area contributed by atoms with E-state index in [1.54, 1.807) is 0 Å². The molecule has 0 spiro atoms. The van der Waals surface area contributed by atoms with Gasteiger partial charge in [0.05, 0.1) is 0 Å². The number of anilines is 2. The van der Waals surface area contributed by atoms with E-state index in [0.29, 0.717) is 17.8 Å².